The summed E-state index contributed by atoms with van der Waals surface area (Å²) >= 11 is 0. The second-order valence-corrected chi connectivity index (χ2v) is 2.78. The summed E-state index contributed by atoms with van der Waals surface area (Å²) in [5.41, 5.74) is 0.123. The molecule has 0 saturated carbocycles. The summed E-state index contributed by atoms with van der Waals surface area (Å²) < 4.78 is 5.28. The largest absolute Gasteiger partial charge is 0.378 e. The third-order valence-corrected chi connectivity index (χ3v) is 1.90. The van der Waals surface area contributed by atoms with E-state index in [9.17, 15) is 0 Å². The molecule has 0 aromatic rings. The van der Waals surface area contributed by atoms with Gasteiger partial charge in [0.2, 0.25) is 0 Å². The normalized spacial score (nSPS) is 36.7. The van der Waals surface area contributed by atoms with Crippen molar-refractivity contribution in [1.29, 1.82) is 0 Å². The molecular weight excluding hydrogens is 114 g/mol. The Morgan fingerprint density at radius 2 is 2.44 bits per heavy atom. The van der Waals surface area contributed by atoms with Crippen LogP contribution in [0.25, 0.3) is 0 Å². The van der Waals surface area contributed by atoms with Crippen LogP contribution in [0.15, 0.2) is 0 Å². The van der Waals surface area contributed by atoms with Crippen LogP contribution in [0.2, 0.25) is 0 Å². The van der Waals surface area contributed by atoms with Crippen LogP contribution < -0.4 is 5.32 Å². The SMILES string of the molecule is CCC1(C)COCC[N]1. The third kappa shape index (κ3) is 1.66. The Balaban J connectivity index is 2.37. The molecule has 0 aliphatic carbocycles. The monoisotopic (exact) mass is 128 g/mol. The summed E-state index contributed by atoms with van der Waals surface area (Å²) in [6.45, 7) is 6.80. The minimum absolute atomic E-state index is 0.123. The lowest BCUT2D eigenvalue weighted by molar-refractivity contribution is 0.0309. The number of hydrogen-bond donors (Lipinski definition) is 0. The van der Waals surface area contributed by atoms with E-state index in [0.717, 1.165) is 26.2 Å². The molecule has 2 heteroatoms. The summed E-state index contributed by atoms with van der Waals surface area (Å²) in [5.74, 6) is 0. The number of hydrogen-bond acceptors (Lipinski definition) is 1. The van der Waals surface area contributed by atoms with E-state index in [2.05, 4.69) is 19.2 Å². The lowest BCUT2D eigenvalue weighted by Crippen LogP contribution is -2.46. The number of rotatable bonds is 1. The van der Waals surface area contributed by atoms with Crippen LogP contribution in [0.3, 0.4) is 0 Å². The molecule has 9 heavy (non-hydrogen) atoms. The van der Waals surface area contributed by atoms with E-state index in [-0.39, 0.29) is 5.54 Å². The van der Waals surface area contributed by atoms with E-state index in [1.54, 1.807) is 0 Å². The molecule has 53 valence electrons. The highest BCUT2D eigenvalue weighted by Crippen LogP contribution is 2.13. The fourth-order valence-electron chi connectivity index (χ4n) is 0.932. The molecule has 0 bridgehead atoms. The van der Waals surface area contributed by atoms with Gasteiger partial charge in [0.15, 0.2) is 0 Å². The van der Waals surface area contributed by atoms with Crippen molar-refractivity contribution < 1.29 is 4.74 Å². The molecule has 1 aliphatic heterocycles. The van der Waals surface area contributed by atoms with Crippen molar-refractivity contribution in [3.63, 3.8) is 0 Å². The second kappa shape index (κ2) is 2.67. The van der Waals surface area contributed by atoms with E-state index < -0.39 is 0 Å². The van der Waals surface area contributed by atoms with Crippen LogP contribution in [0.4, 0.5) is 0 Å². The molecule has 1 atom stereocenters. The lowest BCUT2D eigenvalue weighted by Gasteiger charge is -2.31. The molecule has 0 amide bonds. The molecule has 1 unspecified atom stereocenters. The maximum Gasteiger partial charge on any atom is 0.0662 e. The summed E-state index contributed by atoms with van der Waals surface area (Å²) in [5, 5.41) is 4.45. The molecule has 0 N–H and O–H groups in total. The third-order valence-electron chi connectivity index (χ3n) is 1.90. The Bertz CT molecular complexity index is 86.9. The van der Waals surface area contributed by atoms with E-state index in [1.165, 1.54) is 0 Å². The first-order valence-electron chi connectivity index (χ1n) is 3.53. The summed E-state index contributed by atoms with van der Waals surface area (Å²) in [7, 11) is 0. The zero-order chi connectivity index (χ0) is 6.74. The van der Waals surface area contributed by atoms with Gasteiger partial charge in [0, 0.05) is 6.54 Å². The highest BCUT2D eigenvalue weighted by molar-refractivity contribution is 4.82. The fraction of sp³-hybridized carbons (Fsp3) is 1.00. The zero-order valence-corrected chi connectivity index (χ0v) is 6.18. The highest BCUT2D eigenvalue weighted by Gasteiger charge is 2.25. The molecule has 1 radical (unpaired) electrons. The molecule has 1 rings (SSSR count). The van der Waals surface area contributed by atoms with Gasteiger partial charge >= 0.3 is 0 Å². The molecule has 1 saturated heterocycles. The van der Waals surface area contributed by atoms with Crippen LogP contribution >= 0.6 is 0 Å². The van der Waals surface area contributed by atoms with Crippen molar-refractivity contribution in [3.8, 4) is 0 Å². The van der Waals surface area contributed by atoms with Crippen LogP contribution in [0.5, 0.6) is 0 Å². The number of nitrogens with zero attached hydrogens (tertiary/aromatic N) is 1. The van der Waals surface area contributed by atoms with Crippen LogP contribution in [0.1, 0.15) is 20.3 Å². The first kappa shape index (κ1) is 7.03. The van der Waals surface area contributed by atoms with Gasteiger partial charge < -0.3 is 4.74 Å². The lowest BCUT2D eigenvalue weighted by atomic mass is 9.99. The average Bonchev–Trinajstić information content (AvgIpc) is 1.90. The first-order valence-corrected chi connectivity index (χ1v) is 3.53. The maximum absolute atomic E-state index is 5.28. The van der Waals surface area contributed by atoms with Crippen LogP contribution in [-0.2, 0) is 4.74 Å². The van der Waals surface area contributed by atoms with Crippen molar-refractivity contribution in [2.75, 3.05) is 19.8 Å². The molecule has 1 aliphatic rings. The van der Waals surface area contributed by atoms with Gasteiger partial charge in [0.25, 0.3) is 0 Å². The predicted octanol–water partition coefficient (Wildman–Crippen LogP) is 0.790. The van der Waals surface area contributed by atoms with Crippen molar-refractivity contribution in [2.24, 2.45) is 0 Å². The van der Waals surface area contributed by atoms with Crippen LogP contribution in [-0.4, -0.2) is 25.3 Å². The minimum Gasteiger partial charge on any atom is -0.378 e. The quantitative estimate of drug-likeness (QED) is 0.512. The first-order chi connectivity index (χ1) is 4.27. The molecule has 2 nitrogen and oxygen atoms in total. The standard InChI is InChI=1S/C7H14NO/c1-3-7(2)6-9-5-4-8-7/h3-6H2,1-2H3. The van der Waals surface area contributed by atoms with Crippen molar-refractivity contribution in [2.45, 2.75) is 25.8 Å². The second-order valence-electron chi connectivity index (χ2n) is 2.78. The van der Waals surface area contributed by atoms with Crippen molar-refractivity contribution in [3.05, 3.63) is 0 Å². The van der Waals surface area contributed by atoms with Gasteiger partial charge in [-0.1, -0.05) is 6.92 Å². The van der Waals surface area contributed by atoms with Gasteiger partial charge in [0.05, 0.1) is 18.8 Å². The van der Waals surface area contributed by atoms with E-state index in [1.807, 2.05) is 0 Å². The molecule has 0 spiro atoms. The smallest absolute Gasteiger partial charge is 0.0662 e. The Hall–Kier alpha value is -0.0800. The fourth-order valence-corrected chi connectivity index (χ4v) is 0.932. The van der Waals surface area contributed by atoms with Crippen molar-refractivity contribution >= 4 is 0 Å². The summed E-state index contributed by atoms with van der Waals surface area (Å²) in [6, 6.07) is 0. The zero-order valence-electron chi connectivity index (χ0n) is 6.18. The van der Waals surface area contributed by atoms with Gasteiger partial charge in [0.1, 0.15) is 0 Å². The summed E-state index contributed by atoms with van der Waals surface area (Å²) in [6.07, 6.45) is 1.09. The molecule has 0 aromatic heterocycles. The predicted molar refractivity (Wildman–Crippen MR) is 36.5 cm³/mol. The topological polar surface area (TPSA) is 23.3 Å². The molecular formula is C7H14NO. The van der Waals surface area contributed by atoms with Gasteiger partial charge in [-0.3, -0.25) is 0 Å². The number of morpholine rings is 1. The Morgan fingerprint density at radius 1 is 1.67 bits per heavy atom. The Kier molecular flexibility index (Phi) is 2.09. The molecule has 1 heterocycles. The Morgan fingerprint density at radius 3 is 2.78 bits per heavy atom. The summed E-state index contributed by atoms with van der Waals surface area (Å²) in [4.78, 5) is 0. The van der Waals surface area contributed by atoms with Gasteiger partial charge in [-0.2, -0.15) is 0 Å². The van der Waals surface area contributed by atoms with Crippen molar-refractivity contribution in [1.82, 2.24) is 5.32 Å². The number of ether oxygens (including phenoxy) is 1. The van der Waals surface area contributed by atoms with Gasteiger partial charge in [-0.25, -0.2) is 5.32 Å². The van der Waals surface area contributed by atoms with E-state index in [4.69, 9.17) is 4.74 Å². The van der Waals surface area contributed by atoms with E-state index >= 15 is 0 Å². The average molecular weight is 128 g/mol. The van der Waals surface area contributed by atoms with E-state index in [0.29, 0.717) is 0 Å². The van der Waals surface area contributed by atoms with Gasteiger partial charge in [-0.15, -0.1) is 0 Å². The van der Waals surface area contributed by atoms with Gasteiger partial charge in [-0.05, 0) is 13.3 Å². The maximum atomic E-state index is 5.28. The Labute approximate surface area is 56.6 Å². The molecule has 0 aromatic carbocycles. The minimum atomic E-state index is 0.123. The molecule has 1 fully saturated rings. The van der Waals surface area contributed by atoms with Crippen LogP contribution in [0, 0.1) is 0 Å². The highest BCUT2D eigenvalue weighted by atomic mass is 16.5.